The molecule has 0 aliphatic heterocycles. The van der Waals surface area contributed by atoms with Crippen molar-refractivity contribution in [1.29, 1.82) is 0 Å². The van der Waals surface area contributed by atoms with Crippen LogP contribution in [0, 0.1) is 0 Å². The first-order valence-corrected chi connectivity index (χ1v) is 6.89. The summed E-state index contributed by atoms with van der Waals surface area (Å²) in [7, 11) is 1.41. The molecule has 0 saturated heterocycles. The van der Waals surface area contributed by atoms with Crippen LogP contribution in [0.3, 0.4) is 0 Å². The molecule has 0 aliphatic rings. The number of carboxylic acids is 1. The van der Waals surface area contributed by atoms with Crippen molar-refractivity contribution < 1.29 is 14.6 Å². The highest BCUT2D eigenvalue weighted by atomic mass is 35.5. The third kappa shape index (κ3) is 2.74. The molecule has 116 valence electrons. The lowest BCUT2D eigenvalue weighted by Crippen LogP contribution is -2.01. The third-order valence-corrected chi connectivity index (χ3v) is 3.46. The Labute approximate surface area is 135 Å². The van der Waals surface area contributed by atoms with Crippen molar-refractivity contribution in [2.45, 2.75) is 0 Å². The molecule has 3 rings (SSSR count). The minimum absolute atomic E-state index is 0.000561. The fourth-order valence-corrected chi connectivity index (χ4v) is 2.37. The van der Waals surface area contributed by atoms with Gasteiger partial charge in [0.25, 0.3) is 0 Å². The van der Waals surface area contributed by atoms with Gasteiger partial charge >= 0.3 is 5.97 Å². The Morgan fingerprint density at radius 2 is 2.00 bits per heavy atom. The maximum absolute atomic E-state index is 11.3. The van der Waals surface area contributed by atoms with Crippen molar-refractivity contribution in [2.75, 3.05) is 12.8 Å². The number of rotatable bonds is 3. The second-order valence-electron chi connectivity index (χ2n) is 4.67. The van der Waals surface area contributed by atoms with Crippen molar-refractivity contribution in [3.63, 3.8) is 0 Å². The first kappa shape index (κ1) is 15.0. The number of fused-ring (bicyclic) bond motifs is 1. The summed E-state index contributed by atoms with van der Waals surface area (Å²) in [6.07, 6.45) is 0. The lowest BCUT2D eigenvalue weighted by atomic mass is 10.1. The van der Waals surface area contributed by atoms with Crippen LogP contribution in [0.1, 0.15) is 10.4 Å². The number of ether oxygens (including phenoxy) is 1. The van der Waals surface area contributed by atoms with E-state index in [0.29, 0.717) is 22.3 Å². The van der Waals surface area contributed by atoms with Gasteiger partial charge in [0, 0.05) is 5.56 Å². The molecule has 8 heteroatoms. The standard InChI is InChI=1S/C15H11ClN4O3/c1-23-11-5-2-7(6-9(11)14(21)22)10-4-3-8-12(17)19-15(16)20-13(8)18-10/h2-6H,1H3,(H,21,22)(H2,17,18,19,20). The molecule has 0 saturated carbocycles. The number of nitrogen functional groups attached to an aromatic ring is 1. The van der Waals surface area contributed by atoms with Crippen molar-refractivity contribution in [2.24, 2.45) is 0 Å². The van der Waals surface area contributed by atoms with Crippen molar-refractivity contribution in [1.82, 2.24) is 15.0 Å². The highest BCUT2D eigenvalue weighted by Gasteiger charge is 2.14. The van der Waals surface area contributed by atoms with E-state index in [1.807, 2.05) is 0 Å². The summed E-state index contributed by atoms with van der Waals surface area (Å²) >= 11 is 5.79. The van der Waals surface area contributed by atoms with Crippen molar-refractivity contribution >= 4 is 34.4 Å². The van der Waals surface area contributed by atoms with E-state index in [4.69, 9.17) is 22.1 Å². The number of methoxy groups -OCH3 is 1. The average Bonchev–Trinajstić information content (AvgIpc) is 2.53. The Morgan fingerprint density at radius 3 is 2.70 bits per heavy atom. The molecule has 0 aliphatic carbocycles. The largest absolute Gasteiger partial charge is 0.496 e. The van der Waals surface area contributed by atoms with Crippen LogP contribution in [0.5, 0.6) is 5.75 Å². The molecule has 0 atom stereocenters. The highest BCUT2D eigenvalue weighted by Crippen LogP contribution is 2.28. The Hall–Kier alpha value is -2.93. The number of nitrogens with zero attached hydrogens (tertiary/aromatic N) is 3. The van der Waals surface area contributed by atoms with Gasteiger partial charge in [-0.05, 0) is 41.9 Å². The van der Waals surface area contributed by atoms with Crippen LogP contribution in [0.4, 0.5) is 5.82 Å². The van der Waals surface area contributed by atoms with E-state index in [2.05, 4.69) is 15.0 Å². The minimum Gasteiger partial charge on any atom is -0.496 e. The number of carbonyl (C=O) groups is 1. The summed E-state index contributed by atoms with van der Waals surface area (Å²) in [5.41, 5.74) is 7.31. The Balaban J connectivity index is 2.17. The van der Waals surface area contributed by atoms with Gasteiger partial charge in [-0.25, -0.2) is 14.8 Å². The average molecular weight is 331 g/mol. The van der Waals surface area contributed by atoms with E-state index in [-0.39, 0.29) is 22.4 Å². The van der Waals surface area contributed by atoms with Crippen molar-refractivity contribution in [3.05, 3.63) is 41.2 Å². The zero-order valence-corrected chi connectivity index (χ0v) is 12.7. The lowest BCUT2D eigenvalue weighted by molar-refractivity contribution is 0.0693. The summed E-state index contributed by atoms with van der Waals surface area (Å²) in [5.74, 6) is -0.573. The van der Waals surface area contributed by atoms with Gasteiger partial charge < -0.3 is 15.6 Å². The third-order valence-electron chi connectivity index (χ3n) is 3.29. The van der Waals surface area contributed by atoms with Gasteiger partial charge in [0.2, 0.25) is 5.28 Å². The zero-order valence-electron chi connectivity index (χ0n) is 11.9. The number of halogens is 1. The summed E-state index contributed by atoms with van der Waals surface area (Å²) < 4.78 is 5.04. The normalized spacial score (nSPS) is 10.7. The molecule has 0 unspecified atom stereocenters. The fourth-order valence-electron chi connectivity index (χ4n) is 2.20. The van der Waals surface area contributed by atoms with Crippen LogP contribution in [0.25, 0.3) is 22.3 Å². The Bertz CT molecular complexity index is 930. The van der Waals surface area contributed by atoms with Gasteiger partial charge in [-0.3, -0.25) is 0 Å². The van der Waals surface area contributed by atoms with Crippen LogP contribution in [-0.2, 0) is 0 Å². The van der Waals surface area contributed by atoms with E-state index in [1.54, 1.807) is 24.3 Å². The Kier molecular flexibility index (Phi) is 3.71. The van der Waals surface area contributed by atoms with Crippen molar-refractivity contribution in [3.8, 4) is 17.0 Å². The monoisotopic (exact) mass is 330 g/mol. The quantitative estimate of drug-likeness (QED) is 0.710. The summed E-state index contributed by atoms with van der Waals surface area (Å²) in [5, 5.41) is 9.83. The molecular weight excluding hydrogens is 320 g/mol. The molecule has 3 N–H and O–H groups in total. The van der Waals surface area contributed by atoms with Crippen LogP contribution in [-0.4, -0.2) is 33.1 Å². The number of aromatic carboxylic acids is 1. The summed E-state index contributed by atoms with van der Waals surface area (Å²) in [4.78, 5) is 23.6. The molecular formula is C15H11ClN4O3. The second-order valence-corrected chi connectivity index (χ2v) is 5.00. The first-order valence-electron chi connectivity index (χ1n) is 6.51. The minimum atomic E-state index is -1.08. The number of nitrogens with two attached hydrogens (primary N) is 1. The molecule has 0 amide bonds. The molecule has 0 spiro atoms. The fraction of sp³-hybridized carbons (Fsp3) is 0.0667. The molecule has 23 heavy (non-hydrogen) atoms. The molecule has 0 fully saturated rings. The van der Waals surface area contributed by atoms with Gasteiger partial charge in [-0.1, -0.05) is 0 Å². The smallest absolute Gasteiger partial charge is 0.339 e. The van der Waals surface area contributed by atoms with E-state index < -0.39 is 5.97 Å². The number of pyridine rings is 1. The van der Waals surface area contributed by atoms with E-state index in [0.717, 1.165) is 0 Å². The van der Waals surface area contributed by atoms with Gasteiger partial charge in [0.1, 0.15) is 17.1 Å². The van der Waals surface area contributed by atoms with Gasteiger partial charge in [-0.15, -0.1) is 0 Å². The molecule has 2 aromatic heterocycles. The Morgan fingerprint density at radius 1 is 1.22 bits per heavy atom. The van der Waals surface area contributed by atoms with Crippen LogP contribution < -0.4 is 10.5 Å². The molecule has 2 heterocycles. The number of anilines is 1. The second kappa shape index (κ2) is 5.69. The predicted octanol–water partition coefficient (Wildman–Crippen LogP) is 2.63. The predicted molar refractivity (Wildman–Crippen MR) is 85.7 cm³/mol. The topological polar surface area (TPSA) is 111 Å². The number of aromatic nitrogens is 3. The molecule has 7 nitrogen and oxygen atoms in total. The van der Waals surface area contributed by atoms with E-state index in [9.17, 15) is 9.90 Å². The van der Waals surface area contributed by atoms with Crippen LogP contribution in [0.15, 0.2) is 30.3 Å². The molecule has 0 radical (unpaired) electrons. The molecule has 1 aromatic carbocycles. The number of hydrogen-bond acceptors (Lipinski definition) is 6. The SMILES string of the molecule is COc1ccc(-c2ccc3c(N)nc(Cl)nc3n2)cc1C(=O)O. The van der Waals surface area contributed by atoms with Crippen LogP contribution in [0.2, 0.25) is 5.28 Å². The van der Waals surface area contributed by atoms with E-state index >= 15 is 0 Å². The maximum atomic E-state index is 11.3. The number of hydrogen-bond donors (Lipinski definition) is 2. The van der Waals surface area contributed by atoms with Gasteiger partial charge in [0.05, 0.1) is 18.2 Å². The maximum Gasteiger partial charge on any atom is 0.339 e. The number of carboxylic acid groups (broad SMARTS) is 1. The van der Waals surface area contributed by atoms with Gasteiger partial charge in [-0.2, -0.15) is 4.98 Å². The first-order chi connectivity index (χ1) is 11.0. The highest BCUT2D eigenvalue weighted by molar-refractivity contribution is 6.28. The summed E-state index contributed by atoms with van der Waals surface area (Å²) in [6, 6.07) is 8.20. The molecule has 3 aromatic rings. The lowest BCUT2D eigenvalue weighted by Gasteiger charge is -2.08. The zero-order chi connectivity index (χ0) is 16.6. The number of benzene rings is 1. The molecule has 0 bridgehead atoms. The van der Waals surface area contributed by atoms with Gasteiger partial charge in [0.15, 0.2) is 5.65 Å². The van der Waals surface area contributed by atoms with E-state index in [1.165, 1.54) is 13.2 Å². The summed E-state index contributed by atoms with van der Waals surface area (Å²) in [6.45, 7) is 0. The van der Waals surface area contributed by atoms with Crippen LogP contribution >= 0.6 is 11.6 Å².